The number of nitrogens with zero attached hydrogens (tertiary/aromatic N) is 4. The molecule has 1 aliphatic heterocycles. The standard InChI is InChI=1S/C11H15N5O4/c1-11(2)10(20)12-3-4-16(11)9(19)7-5-15(14-13-7)6-8(17)18/h5H,3-4,6H2,1-2H3,(H,12,20)(H,17,18). The summed E-state index contributed by atoms with van der Waals surface area (Å²) in [5, 5.41) is 18.6. The predicted molar refractivity (Wildman–Crippen MR) is 65.8 cm³/mol. The van der Waals surface area contributed by atoms with Crippen molar-refractivity contribution in [2.24, 2.45) is 0 Å². The monoisotopic (exact) mass is 281 g/mol. The summed E-state index contributed by atoms with van der Waals surface area (Å²) in [6, 6.07) is 0. The molecule has 2 heterocycles. The Hall–Kier alpha value is -2.45. The summed E-state index contributed by atoms with van der Waals surface area (Å²) in [6.07, 6.45) is 1.26. The van der Waals surface area contributed by atoms with Gasteiger partial charge in [-0.2, -0.15) is 0 Å². The quantitative estimate of drug-likeness (QED) is 0.712. The highest BCUT2D eigenvalue weighted by atomic mass is 16.4. The molecule has 1 fully saturated rings. The van der Waals surface area contributed by atoms with Crippen LogP contribution in [0.2, 0.25) is 0 Å². The Morgan fingerprint density at radius 3 is 2.85 bits per heavy atom. The third kappa shape index (κ3) is 2.46. The first-order chi connectivity index (χ1) is 9.32. The first kappa shape index (κ1) is 14.0. The number of nitrogens with one attached hydrogen (secondary N) is 1. The Bertz CT molecular complexity index is 565. The normalized spacial score (nSPS) is 17.7. The van der Waals surface area contributed by atoms with E-state index in [2.05, 4.69) is 15.6 Å². The molecule has 9 heteroatoms. The highest BCUT2D eigenvalue weighted by Gasteiger charge is 2.41. The topological polar surface area (TPSA) is 117 Å². The molecule has 2 rings (SSSR count). The summed E-state index contributed by atoms with van der Waals surface area (Å²) in [5.74, 6) is -1.76. The predicted octanol–water partition coefficient (Wildman–Crippen LogP) is -1.29. The fraction of sp³-hybridized carbons (Fsp3) is 0.545. The number of rotatable bonds is 3. The van der Waals surface area contributed by atoms with E-state index in [1.807, 2.05) is 0 Å². The molecule has 0 unspecified atom stereocenters. The zero-order valence-electron chi connectivity index (χ0n) is 11.2. The van der Waals surface area contributed by atoms with Gasteiger partial charge in [-0.3, -0.25) is 14.4 Å². The zero-order chi connectivity index (χ0) is 14.9. The van der Waals surface area contributed by atoms with Crippen molar-refractivity contribution in [1.82, 2.24) is 25.2 Å². The van der Waals surface area contributed by atoms with Gasteiger partial charge in [-0.15, -0.1) is 5.10 Å². The number of carbonyl (C=O) groups excluding carboxylic acids is 2. The Kier molecular flexibility index (Phi) is 3.43. The van der Waals surface area contributed by atoms with Gasteiger partial charge in [0, 0.05) is 13.1 Å². The second-order valence-electron chi connectivity index (χ2n) is 4.97. The van der Waals surface area contributed by atoms with Crippen LogP contribution in [0.1, 0.15) is 24.3 Å². The lowest BCUT2D eigenvalue weighted by atomic mass is 9.98. The molecule has 108 valence electrons. The molecular weight excluding hydrogens is 266 g/mol. The fourth-order valence-electron chi connectivity index (χ4n) is 2.01. The van der Waals surface area contributed by atoms with Gasteiger partial charge in [-0.25, -0.2) is 4.68 Å². The van der Waals surface area contributed by atoms with Crippen LogP contribution in [0.4, 0.5) is 0 Å². The maximum absolute atomic E-state index is 12.3. The number of piperazine rings is 1. The van der Waals surface area contributed by atoms with E-state index in [9.17, 15) is 14.4 Å². The second kappa shape index (κ2) is 4.91. The molecule has 0 radical (unpaired) electrons. The molecule has 1 saturated heterocycles. The van der Waals surface area contributed by atoms with E-state index in [0.29, 0.717) is 13.1 Å². The molecule has 0 aliphatic carbocycles. The van der Waals surface area contributed by atoms with Crippen LogP contribution in [0, 0.1) is 0 Å². The Labute approximate surface area is 114 Å². The molecule has 2 amide bonds. The molecule has 0 bridgehead atoms. The molecule has 20 heavy (non-hydrogen) atoms. The Morgan fingerprint density at radius 2 is 2.20 bits per heavy atom. The van der Waals surface area contributed by atoms with Crippen molar-refractivity contribution in [2.45, 2.75) is 25.9 Å². The molecule has 9 nitrogen and oxygen atoms in total. The molecule has 0 spiro atoms. The first-order valence-corrected chi connectivity index (χ1v) is 6.04. The van der Waals surface area contributed by atoms with Gasteiger partial charge >= 0.3 is 5.97 Å². The maximum Gasteiger partial charge on any atom is 0.325 e. The minimum absolute atomic E-state index is 0.0222. The highest BCUT2D eigenvalue weighted by Crippen LogP contribution is 2.19. The van der Waals surface area contributed by atoms with Crippen LogP contribution in [0.3, 0.4) is 0 Å². The van der Waals surface area contributed by atoms with E-state index in [1.54, 1.807) is 13.8 Å². The van der Waals surface area contributed by atoms with E-state index in [-0.39, 0.29) is 18.1 Å². The van der Waals surface area contributed by atoms with Gasteiger partial charge in [-0.1, -0.05) is 5.21 Å². The van der Waals surface area contributed by atoms with Crippen molar-refractivity contribution in [2.75, 3.05) is 13.1 Å². The third-order valence-corrected chi connectivity index (χ3v) is 3.15. The van der Waals surface area contributed by atoms with Crippen LogP contribution >= 0.6 is 0 Å². The Morgan fingerprint density at radius 1 is 1.50 bits per heavy atom. The van der Waals surface area contributed by atoms with Gasteiger partial charge in [0.25, 0.3) is 5.91 Å². The summed E-state index contributed by atoms with van der Waals surface area (Å²) < 4.78 is 1.06. The first-order valence-electron chi connectivity index (χ1n) is 6.04. The van der Waals surface area contributed by atoms with E-state index in [1.165, 1.54) is 11.1 Å². The van der Waals surface area contributed by atoms with Crippen molar-refractivity contribution < 1.29 is 19.5 Å². The molecular formula is C11H15N5O4. The molecule has 1 aromatic rings. The van der Waals surface area contributed by atoms with Crippen LogP contribution in [-0.2, 0) is 16.1 Å². The summed E-state index contributed by atoms with van der Waals surface area (Å²) in [5.41, 5.74) is -0.958. The van der Waals surface area contributed by atoms with Crippen LogP contribution < -0.4 is 5.32 Å². The summed E-state index contributed by atoms with van der Waals surface area (Å²) in [6.45, 7) is 3.65. The van der Waals surface area contributed by atoms with Gasteiger partial charge in [0.1, 0.15) is 12.1 Å². The third-order valence-electron chi connectivity index (χ3n) is 3.15. The molecule has 2 N–H and O–H groups in total. The van der Waals surface area contributed by atoms with Crippen molar-refractivity contribution in [3.8, 4) is 0 Å². The second-order valence-corrected chi connectivity index (χ2v) is 4.97. The number of carbonyl (C=O) groups is 3. The minimum atomic E-state index is -1.08. The number of hydrogen-bond acceptors (Lipinski definition) is 5. The number of carboxylic acids is 1. The highest BCUT2D eigenvalue weighted by molar-refractivity contribution is 5.98. The number of hydrogen-bond donors (Lipinski definition) is 2. The number of aliphatic carboxylic acids is 1. The van der Waals surface area contributed by atoms with E-state index < -0.39 is 17.4 Å². The summed E-state index contributed by atoms with van der Waals surface area (Å²) in [7, 11) is 0. The fourth-order valence-corrected chi connectivity index (χ4v) is 2.01. The van der Waals surface area contributed by atoms with Gasteiger partial charge in [0.05, 0.1) is 6.20 Å². The zero-order valence-corrected chi connectivity index (χ0v) is 11.2. The van der Waals surface area contributed by atoms with Gasteiger partial charge in [0.15, 0.2) is 5.69 Å². The van der Waals surface area contributed by atoms with Crippen molar-refractivity contribution in [3.05, 3.63) is 11.9 Å². The maximum atomic E-state index is 12.3. The van der Waals surface area contributed by atoms with E-state index in [0.717, 1.165) is 4.68 Å². The number of carboxylic acid groups (broad SMARTS) is 1. The average molecular weight is 281 g/mol. The van der Waals surface area contributed by atoms with E-state index in [4.69, 9.17) is 5.11 Å². The molecule has 1 aromatic heterocycles. The SMILES string of the molecule is CC1(C)C(=O)NCCN1C(=O)c1cn(CC(=O)O)nn1. The average Bonchev–Trinajstić information content (AvgIpc) is 2.79. The van der Waals surface area contributed by atoms with Crippen LogP contribution in [0.25, 0.3) is 0 Å². The Balaban J connectivity index is 2.20. The molecule has 0 saturated carbocycles. The smallest absolute Gasteiger partial charge is 0.325 e. The van der Waals surface area contributed by atoms with Gasteiger partial charge in [0.2, 0.25) is 5.91 Å². The van der Waals surface area contributed by atoms with Crippen molar-refractivity contribution in [1.29, 1.82) is 0 Å². The lowest BCUT2D eigenvalue weighted by Crippen LogP contribution is -2.63. The lowest BCUT2D eigenvalue weighted by molar-refractivity contribution is -0.138. The molecule has 1 aliphatic rings. The number of aromatic nitrogens is 3. The number of amides is 2. The van der Waals surface area contributed by atoms with Crippen LogP contribution in [-0.4, -0.2) is 61.4 Å². The van der Waals surface area contributed by atoms with E-state index >= 15 is 0 Å². The minimum Gasteiger partial charge on any atom is -0.480 e. The van der Waals surface area contributed by atoms with Crippen molar-refractivity contribution in [3.63, 3.8) is 0 Å². The van der Waals surface area contributed by atoms with Gasteiger partial charge in [-0.05, 0) is 13.8 Å². The van der Waals surface area contributed by atoms with Crippen LogP contribution in [0.5, 0.6) is 0 Å². The largest absolute Gasteiger partial charge is 0.480 e. The van der Waals surface area contributed by atoms with Crippen LogP contribution in [0.15, 0.2) is 6.20 Å². The molecule has 0 aromatic carbocycles. The van der Waals surface area contributed by atoms with Crippen molar-refractivity contribution >= 4 is 17.8 Å². The molecule has 0 atom stereocenters. The summed E-state index contributed by atoms with van der Waals surface area (Å²) in [4.78, 5) is 36.1. The summed E-state index contributed by atoms with van der Waals surface area (Å²) >= 11 is 0. The lowest BCUT2D eigenvalue weighted by Gasteiger charge is -2.40. The van der Waals surface area contributed by atoms with Gasteiger partial charge < -0.3 is 15.3 Å².